The number of carbonyl (C=O) groups is 1. The van der Waals surface area contributed by atoms with Gasteiger partial charge in [-0.1, -0.05) is 0 Å². The van der Waals surface area contributed by atoms with Crippen LogP contribution in [0.2, 0.25) is 0 Å². The van der Waals surface area contributed by atoms with Gasteiger partial charge in [-0.3, -0.25) is 4.79 Å². The molecule has 1 amide bonds. The molecule has 1 heterocycles. The zero-order valence-electron chi connectivity index (χ0n) is 9.67. The zero-order chi connectivity index (χ0) is 10.7. The van der Waals surface area contributed by atoms with Gasteiger partial charge in [0.2, 0.25) is 5.91 Å². The number of hydrogen-bond acceptors (Lipinski definition) is 2. The lowest BCUT2D eigenvalue weighted by atomic mass is 10.0. The fourth-order valence-electron chi connectivity index (χ4n) is 2.27. The SMILES string of the molecule is CN(CC1CC1)C(=O)CCC1CCNC1. The van der Waals surface area contributed by atoms with Gasteiger partial charge < -0.3 is 10.2 Å². The van der Waals surface area contributed by atoms with Crippen LogP contribution >= 0.6 is 0 Å². The maximum Gasteiger partial charge on any atom is 0.222 e. The Morgan fingerprint density at radius 2 is 2.13 bits per heavy atom. The van der Waals surface area contributed by atoms with Gasteiger partial charge in [-0.25, -0.2) is 0 Å². The molecule has 0 aromatic heterocycles. The Morgan fingerprint density at radius 3 is 2.73 bits per heavy atom. The molecule has 86 valence electrons. The lowest BCUT2D eigenvalue weighted by Crippen LogP contribution is -2.29. The molecule has 3 nitrogen and oxygen atoms in total. The molecule has 1 unspecified atom stereocenters. The van der Waals surface area contributed by atoms with Crippen LogP contribution in [-0.2, 0) is 4.79 Å². The molecule has 1 aliphatic heterocycles. The van der Waals surface area contributed by atoms with Crippen LogP contribution in [0.1, 0.15) is 32.1 Å². The molecular formula is C12H22N2O. The van der Waals surface area contributed by atoms with E-state index in [4.69, 9.17) is 0 Å². The molecule has 0 aromatic rings. The first-order valence-corrected chi connectivity index (χ1v) is 6.20. The van der Waals surface area contributed by atoms with Gasteiger partial charge in [0.05, 0.1) is 0 Å². The van der Waals surface area contributed by atoms with Gasteiger partial charge in [-0.05, 0) is 50.6 Å². The van der Waals surface area contributed by atoms with Gasteiger partial charge in [0.15, 0.2) is 0 Å². The van der Waals surface area contributed by atoms with Crippen LogP contribution in [0.5, 0.6) is 0 Å². The van der Waals surface area contributed by atoms with Crippen molar-refractivity contribution in [3.63, 3.8) is 0 Å². The van der Waals surface area contributed by atoms with Crippen LogP contribution in [0.25, 0.3) is 0 Å². The van der Waals surface area contributed by atoms with E-state index in [1.165, 1.54) is 19.3 Å². The van der Waals surface area contributed by atoms with Crippen molar-refractivity contribution in [1.82, 2.24) is 10.2 Å². The smallest absolute Gasteiger partial charge is 0.222 e. The summed E-state index contributed by atoms with van der Waals surface area (Å²) in [5, 5.41) is 3.34. The molecule has 0 radical (unpaired) electrons. The van der Waals surface area contributed by atoms with E-state index in [1.807, 2.05) is 11.9 Å². The molecule has 3 heteroatoms. The van der Waals surface area contributed by atoms with E-state index < -0.39 is 0 Å². The summed E-state index contributed by atoms with van der Waals surface area (Å²) < 4.78 is 0. The first-order valence-electron chi connectivity index (χ1n) is 6.20. The van der Waals surface area contributed by atoms with Gasteiger partial charge in [0, 0.05) is 20.0 Å². The molecule has 15 heavy (non-hydrogen) atoms. The van der Waals surface area contributed by atoms with Gasteiger partial charge in [0.25, 0.3) is 0 Å². The molecule has 1 saturated heterocycles. The van der Waals surface area contributed by atoms with Crippen molar-refractivity contribution in [2.45, 2.75) is 32.1 Å². The predicted molar refractivity (Wildman–Crippen MR) is 60.6 cm³/mol. The summed E-state index contributed by atoms with van der Waals surface area (Å²) in [4.78, 5) is 13.7. The van der Waals surface area contributed by atoms with Crippen LogP contribution in [0, 0.1) is 11.8 Å². The molecule has 1 N–H and O–H groups in total. The highest BCUT2D eigenvalue weighted by Gasteiger charge is 2.25. The fraction of sp³-hybridized carbons (Fsp3) is 0.917. The first-order chi connectivity index (χ1) is 7.25. The lowest BCUT2D eigenvalue weighted by Gasteiger charge is -2.17. The van der Waals surface area contributed by atoms with Crippen LogP contribution < -0.4 is 5.32 Å². The van der Waals surface area contributed by atoms with Crippen molar-refractivity contribution in [3.05, 3.63) is 0 Å². The molecule has 1 saturated carbocycles. The molecule has 1 aliphatic carbocycles. The van der Waals surface area contributed by atoms with Crippen molar-refractivity contribution in [3.8, 4) is 0 Å². The van der Waals surface area contributed by atoms with E-state index in [0.29, 0.717) is 5.91 Å². The van der Waals surface area contributed by atoms with E-state index in [0.717, 1.165) is 44.3 Å². The third-order valence-corrected chi connectivity index (χ3v) is 3.58. The fourth-order valence-corrected chi connectivity index (χ4v) is 2.27. The van der Waals surface area contributed by atoms with E-state index in [1.54, 1.807) is 0 Å². The predicted octanol–water partition coefficient (Wildman–Crippen LogP) is 1.24. The minimum Gasteiger partial charge on any atom is -0.345 e. The molecular weight excluding hydrogens is 188 g/mol. The second-order valence-corrected chi connectivity index (χ2v) is 5.12. The van der Waals surface area contributed by atoms with Crippen molar-refractivity contribution in [2.75, 3.05) is 26.7 Å². The standard InChI is InChI=1S/C12H22N2O/c1-14(9-11-2-3-11)12(15)5-4-10-6-7-13-8-10/h10-11,13H,2-9H2,1H3. The number of rotatable bonds is 5. The average molecular weight is 210 g/mol. The van der Waals surface area contributed by atoms with Gasteiger partial charge in [-0.15, -0.1) is 0 Å². The molecule has 2 fully saturated rings. The molecule has 2 rings (SSSR count). The average Bonchev–Trinajstić information content (AvgIpc) is 2.88. The zero-order valence-corrected chi connectivity index (χ0v) is 9.67. The maximum atomic E-state index is 11.8. The summed E-state index contributed by atoms with van der Waals surface area (Å²) in [6, 6.07) is 0. The van der Waals surface area contributed by atoms with Crippen molar-refractivity contribution < 1.29 is 4.79 Å². The highest BCUT2D eigenvalue weighted by Crippen LogP contribution is 2.29. The Morgan fingerprint density at radius 1 is 1.33 bits per heavy atom. The number of nitrogens with zero attached hydrogens (tertiary/aromatic N) is 1. The molecule has 0 spiro atoms. The number of carbonyl (C=O) groups excluding carboxylic acids is 1. The number of nitrogens with one attached hydrogen (secondary N) is 1. The topological polar surface area (TPSA) is 32.3 Å². The molecule has 2 aliphatic rings. The highest BCUT2D eigenvalue weighted by molar-refractivity contribution is 5.75. The Hall–Kier alpha value is -0.570. The van der Waals surface area contributed by atoms with E-state index in [9.17, 15) is 4.79 Å². The number of amides is 1. The largest absolute Gasteiger partial charge is 0.345 e. The first kappa shape index (κ1) is 10.9. The highest BCUT2D eigenvalue weighted by atomic mass is 16.2. The minimum atomic E-state index is 0.341. The van der Waals surface area contributed by atoms with Crippen LogP contribution in [0.3, 0.4) is 0 Å². The second kappa shape index (κ2) is 4.97. The summed E-state index contributed by atoms with van der Waals surface area (Å²) >= 11 is 0. The lowest BCUT2D eigenvalue weighted by molar-refractivity contribution is -0.130. The monoisotopic (exact) mass is 210 g/mol. The van der Waals surface area contributed by atoms with E-state index >= 15 is 0 Å². The van der Waals surface area contributed by atoms with Gasteiger partial charge in [0.1, 0.15) is 0 Å². The number of hydrogen-bond donors (Lipinski definition) is 1. The van der Waals surface area contributed by atoms with Crippen LogP contribution in [0.15, 0.2) is 0 Å². The Labute approximate surface area is 92.2 Å². The van der Waals surface area contributed by atoms with E-state index in [-0.39, 0.29) is 0 Å². The third kappa shape index (κ3) is 3.49. The Kier molecular flexibility index (Phi) is 3.62. The van der Waals surface area contributed by atoms with Crippen molar-refractivity contribution >= 4 is 5.91 Å². The third-order valence-electron chi connectivity index (χ3n) is 3.58. The molecule has 0 aromatic carbocycles. The van der Waals surface area contributed by atoms with Gasteiger partial charge >= 0.3 is 0 Å². The summed E-state index contributed by atoms with van der Waals surface area (Å²) in [6.45, 7) is 3.23. The quantitative estimate of drug-likeness (QED) is 0.740. The maximum absolute atomic E-state index is 11.8. The van der Waals surface area contributed by atoms with E-state index in [2.05, 4.69) is 5.32 Å². The van der Waals surface area contributed by atoms with Crippen molar-refractivity contribution in [1.29, 1.82) is 0 Å². The van der Waals surface area contributed by atoms with Crippen molar-refractivity contribution in [2.24, 2.45) is 11.8 Å². The Bertz CT molecular complexity index is 220. The summed E-state index contributed by atoms with van der Waals surface area (Å²) in [5.41, 5.74) is 0. The molecule has 1 atom stereocenters. The Balaban J connectivity index is 1.61. The van der Waals surface area contributed by atoms with Crippen LogP contribution in [0.4, 0.5) is 0 Å². The normalized spacial score (nSPS) is 25.5. The summed E-state index contributed by atoms with van der Waals surface area (Å²) in [6.07, 6.45) is 5.71. The van der Waals surface area contributed by atoms with Crippen LogP contribution in [-0.4, -0.2) is 37.5 Å². The second-order valence-electron chi connectivity index (χ2n) is 5.12. The molecule has 0 bridgehead atoms. The summed E-state index contributed by atoms with van der Waals surface area (Å²) in [5.74, 6) is 1.89. The minimum absolute atomic E-state index is 0.341. The summed E-state index contributed by atoms with van der Waals surface area (Å²) in [7, 11) is 1.95. The van der Waals surface area contributed by atoms with Gasteiger partial charge in [-0.2, -0.15) is 0 Å².